The third-order valence-electron chi connectivity index (χ3n) is 1.09. The van der Waals surface area contributed by atoms with Gasteiger partial charge in [-0.25, -0.2) is 0 Å². The number of carbonyl (C=O) groups is 1. The van der Waals surface area contributed by atoms with E-state index in [4.69, 9.17) is 0 Å². The van der Waals surface area contributed by atoms with Crippen LogP contribution in [-0.2, 0) is 18.7 Å². The molecule has 0 fully saturated rings. The summed E-state index contributed by atoms with van der Waals surface area (Å²) >= 11 is 0. The van der Waals surface area contributed by atoms with Gasteiger partial charge in [-0.3, -0.25) is 13.9 Å². The first-order chi connectivity index (χ1) is 6.62. The Labute approximate surface area is 87.4 Å². The van der Waals surface area contributed by atoms with E-state index in [2.05, 4.69) is 4.74 Å². The van der Waals surface area contributed by atoms with Gasteiger partial charge < -0.3 is 4.74 Å². The molecule has 0 aliphatic rings. The topological polar surface area (TPSA) is 60.4 Å². The summed E-state index contributed by atoms with van der Waals surface area (Å²) in [4.78, 5) is 10.6. The van der Waals surface area contributed by atoms with Crippen LogP contribution in [-0.4, -0.2) is 31.1 Å². The van der Waals surface area contributed by atoms with Crippen molar-refractivity contribution in [2.24, 2.45) is 0 Å². The normalized spacial score (nSPS) is 10.1. The van der Waals surface area contributed by atoms with Crippen LogP contribution >= 0.6 is 16.3 Å². The highest BCUT2D eigenvalue weighted by atomic mass is 31.1. The maximum Gasteiger partial charge on any atom is 0.316 e. The molecular formula is C8H17O4P2. The van der Waals surface area contributed by atoms with Crippen molar-refractivity contribution in [1.29, 1.82) is 0 Å². The van der Waals surface area contributed by atoms with Crippen molar-refractivity contribution < 1.29 is 18.7 Å². The van der Waals surface area contributed by atoms with Gasteiger partial charge in [0.2, 0.25) is 0 Å². The lowest BCUT2D eigenvalue weighted by Gasteiger charge is -1.98. The quantitative estimate of drug-likeness (QED) is 0.546. The Balaban J connectivity index is 0. The minimum Gasteiger partial charge on any atom is -0.465 e. The molecule has 4 nitrogen and oxygen atoms in total. The van der Waals surface area contributed by atoms with E-state index in [1.54, 1.807) is 13.8 Å². The fourth-order valence-corrected chi connectivity index (χ4v) is 1.07. The van der Waals surface area contributed by atoms with Gasteiger partial charge in [0, 0.05) is 12.3 Å². The molecule has 1 unspecified atom stereocenters. The van der Waals surface area contributed by atoms with E-state index in [0.29, 0.717) is 12.8 Å². The van der Waals surface area contributed by atoms with Crippen LogP contribution in [0.15, 0.2) is 0 Å². The van der Waals surface area contributed by atoms with Crippen molar-refractivity contribution in [1.82, 2.24) is 0 Å². The number of esters is 1. The molecule has 0 spiro atoms. The maximum absolute atomic E-state index is 10.7. The summed E-state index contributed by atoms with van der Waals surface area (Å²) in [6.07, 6.45) is 1.35. The zero-order chi connectivity index (χ0) is 11.4. The summed E-state index contributed by atoms with van der Waals surface area (Å²) in [6.45, 7) is 5.75. The van der Waals surface area contributed by atoms with Crippen molar-refractivity contribution >= 4 is 22.2 Å². The monoisotopic (exact) mass is 239 g/mol. The van der Waals surface area contributed by atoms with Gasteiger partial charge in [-0.1, -0.05) is 13.8 Å². The SMILES string of the molecule is CCOC(=O)C[P](=O)CC.CCP=O. The molecule has 1 atom stereocenters. The van der Waals surface area contributed by atoms with Crippen LogP contribution in [0.3, 0.4) is 0 Å². The number of hydrogen-bond acceptors (Lipinski definition) is 4. The predicted molar refractivity (Wildman–Crippen MR) is 57.8 cm³/mol. The molecule has 1 radical (unpaired) electrons. The van der Waals surface area contributed by atoms with Crippen LogP contribution < -0.4 is 0 Å². The van der Waals surface area contributed by atoms with Crippen molar-refractivity contribution in [3.05, 3.63) is 0 Å². The molecule has 83 valence electrons. The van der Waals surface area contributed by atoms with Crippen LogP contribution in [0, 0.1) is 0 Å². The second kappa shape index (κ2) is 12.7. The lowest BCUT2D eigenvalue weighted by Crippen LogP contribution is -2.06. The molecular weight excluding hydrogens is 222 g/mol. The van der Waals surface area contributed by atoms with Gasteiger partial charge in [0.25, 0.3) is 0 Å². The first-order valence-electron chi connectivity index (χ1n) is 4.49. The number of carbonyl (C=O) groups excluding carboxylic acids is 1. The highest BCUT2D eigenvalue weighted by Gasteiger charge is 2.05. The van der Waals surface area contributed by atoms with E-state index >= 15 is 0 Å². The van der Waals surface area contributed by atoms with Gasteiger partial charge in [0.15, 0.2) is 8.46 Å². The smallest absolute Gasteiger partial charge is 0.316 e. The Kier molecular flexibility index (Phi) is 14.6. The van der Waals surface area contributed by atoms with E-state index in [1.165, 1.54) is 0 Å². The van der Waals surface area contributed by atoms with E-state index in [0.717, 1.165) is 6.16 Å². The van der Waals surface area contributed by atoms with E-state index in [1.807, 2.05) is 6.92 Å². The Morgan fingerprint density at radius 2 is 1.86 bits per heavy atom. The van der Waals surface area contributed by atoms with Crippen molar-refractivity contribution in [2.75, 3.05) is 25.1 Å². The van der Waals surface area contributed by atoms with E-state index < -0.39 is 7.80 Å². The van der Waals surface area contributed by atoms with Crippen molar-refractivity contribution in [3.63, 3.8) is 0 Å². The van der Waals surface area contributed by atoms with Crippen LogP contribution in [0.4, 0.5) is 0 Å². The molecule has 0 amide bonds. The average Bonchev–Trinajstić information content (AvgIpc) is 2.18. The Bertz CT molecular complexity index is 182. The average molecular weight is 239 g/mol. The minimum atomic E-state index is -1.35. The molecule has 0 saturated carbocycles. The van der Waals surface area contributed by atoms with Gasteiger partial charge >= 0.3 is 5.97 Å². The van der Waals surface area contributed by atoms with Gasteiger partial charge in [-0.2, -0.15) is 0 Å². The molecule has 0 rings (SSSR count). The lowest BCUT2D eigenvalue weighted by molar-refractivity contribution is -0.139. The van der Waals surface area contributed by atoms with Gasteiger partial charge in [0.1, 0.15) is 6.16 Å². The predicted octanol–water partition coefficient (Wildman–Crippen LogP) is 2.69. The molecule has 6 heteroatoms. The molecule has 0 aliphatic heterocycles. The van der Waals surface area contributed by atoms with Crippen LogP contribution in [0.5, 0.6) is 0 Å². The molecule has 0 aromatic rings. The molecule has 0 aliphatic carbocycles. The maximum atomic E-state index is 10.7. The summed E-state index contributed by atoms with van der Waals surface area (Å²) in [7, 11) is -1.11. The lowest BCUT2D eigenvalue weighted by atomic mass is 10.8. The van der Waals surface area contributed by atoms with Crippen LogP contribution in [0.1, 0.15) is 20.8 Å². The first kappa shape index (κ1) is 16.1. The molecule has 0 N–H and O–H groups in total. The van der Waals surface area contributed by atoms with E-state index in [9.17, 15) is 13.9 Å². The zero-order valence-corrected chi connectivity index (χ0v) is 10.6. The van der Waals surface area contributed by atoms with Gasteiger partial charge in [0.05, 0.1) is 14.4 Å². The minimum absolute atomic E-state index is 0.0691. The molecule has 0 aromatic carbocycles. The Morgan fingerprint density at radius 3 is 2.14 bits per heavy atom. The molecule has 14 heavy (non-hydrogen) atoms. The van der Waals surface area contributed by atoms with Crippen LogP contribution in [0.2, 0.25) is 0 Å². The summed E-state index contributed by atoms with van der Waals surface area (Å²) < 4.78 is 24.6. The highest BCUT2D eigenvalue weighted by Crippen LogP contribution is 2.18. The Hall–Kier alpha value is -0.330. The standard InChI is InChI=1S/C6H12O3P.C2H5OP/c1-3-9-6(7)5-10(8)4-2;1-2-4-3/h3-5H2,1-2H3;2H2,1H3. The van der Waals surface area contributed by atoms with Crippen molar-refractivity contribution in [3.8, 4) is 0 Å². The van der Waals surface area contributed by atoms with Crippen molar-refractivity contribution in [2.45, 2.75) is 20.8 Å². The molecule has 0 aromatic heterocycles. The summed E-state index contributed by atoms with van der Waals surface area (Å²) in [6, 6.07) is 0. The molecule has 0 bridgehead atoms. The second-order valence-corrected chi connectivity index (χ2v) is 5.01. The van der Waals surface area contributed by atoms with Gasteiger partial charge in [-0.15, -0.1) is 0 Å². The first-order valence-corrected chi connectivity index (χ1v) is 7.11. The summed E-state index contributed by atoms with van der Waals surface area (Å²) in [5, 5.41) is 0. The fraction of sp³-hybridized carbons (Fsp3) is 0.875. The highest BCUT2D eigenvalue weighted by molar-refractivity contribution is 7.45. The third-order valence-corrected chi connectivity index (χ3v) is 2.67. The number of rotatable bonds is 5. The Morgan fingerprint density at radius 1 is 1.36 bits per heavy atom. The van der Waals surface area contributed by atoms with Gasteiger partial charge in [-0.05, 0) is 6.92 Å². The number of hydrogen-bond donors (Lipinski definition) is 0. The van der Waals surface area contributed by atoms with Crippen LogP contribution in [0.25, 0.3) is 0 Å². The van der Waals surface area contributed by atoms with E-state index in [-0.39, 0.29) is 20.6 Å². The second-order valence-electron chi connectivity index (χ2n) is 2.21. The molecule has 0 saturated heterocycles. The summed E-state index contributed by atoms with van der Waals surface area (Å²) in [5.41, 5.74) is 0. The fourth-order valence-electron chi connectivity index (χ4n) is 0.462. The number of ether oxygens (including phenoxy) is 1. The summed E-state index contributed by atoms with van der Waals surface area (Å²) in [5.74, 6) is -0.356. The zero-order valence-electron chi connectivity index (χ0n) is 8.86. The largest absolute Gasteiger partial charge is 0.465 e. The molecule has 0 heterocycles. The third kappa shape index (κ3) is 14.2.